The predicted molar refractivity (Wildman–Crippen MR) is 110 cm³/mol. The summed E-state index contributed by atoms with van der Waals surface area (Å²) in [6, 6.07) is 8.05. The number of aliphatic hydroxyl groups is 1. The second-order valence-corrected chi connectivity index (χ2v) is 7.98. The summed E-state index contributed by atoms with van der Waals surface area (Å²) >= 11 is 0. The maximum Gasteiger partial charge on any atom is 0.222 e. The van der Waals surface area contributed by atoms with Crippen molar-refractivity contribution in [1.82, 2.24) is 15.1 Å². The third kappa shape index (κ3) is 7.08. The summed E-state index contributed by atoms with van der Waals surface area (Å²) in [5.41, 5.74) is 1.21. The van der Waals surface area contributed by atoms with E-state index in [-0.39, 0.29) is 0 Å². The van der Waals surface area contributed by atoms with Gasteiger partial charge in [-0.3, -0.25) is 4.79 Å². The molecule has 0 radical (unpaired) electrons. The number of amides is 1. The Labute approximate surface area is 168 Å². The fraction of sp³-hybridized carbons (Fsp3) is 0.682. The van der Waals surface area contributed by atoms with Gasteiger partial charge < -0.3 is 25.0 Å². The summed E-state index contributed by atoms with van der Waals surface area (Å²) in [5.74, 6) is 1.10. The first-order valence-electron chi connectivity index (χ1n) is 10.8. The van der Waals surface area contributed by atoms with Gasteiger partial charge in [-0.25, -0.2) is 0 Å². The van der Waals surface area contributed by atoms with Crippen LogP contribution in [0.4, 0.5) is 0 Å². The van der Waals surface area contributed by atoms with E-state index in [0.717, 1.165) is 64.3 Å². The third-order valence-electron chi connectivity index (χ3n) is 5.57. The van der Waals surface area contributed by atoms with Gasteiger partial charge in [0.15, 0.2) is 0 Å². The van der Waals surface area contributed by atoms with Crippen molar-refractivity contribution in [3.05, 3.63) is 29.8 Å². The summed E-state index contributed by atoms with van der Waals surface area (Å²) < 4.78 is 5.74. The molecule has 3 rings (SSSR count). The lowest BCUT2D eigenvalue weighted by molar-refractivity contribution is -0.127. The molecule has 2 aliphatic rings. The van der Waals surface area contributed by atoms with Gasteiger partial charge in [0.05, 0.1) is 0 Å². The predicted octanol–water partition coefficient (Wildman–Crippen LogP) is 2.01. The van der Waals surface area contributed by atoms with Crippen LogP contribution in [0.15, 0.2) is 24.3 Å². The number of aliphatic hydroxyl groups excluding tert-OH is 1. The number of nitrogens with zero attached hydrogens (tertiary/aromatic N) is 2. The van der Waals surface area contributed by atoms with Crippen LogP contribution in [0.25, 0.3) is 0 Å². The number of hydrogen-bond acceptors (Lipinski definition) is 5. The Balaban J connectivity index is 1.27. The maximum atomic E-state index is 11.6. The largest absolute Gasteiger partial charge is 0.491 e. The first-order valence-corrected chi connectivity index (χ1v) is 10.8. The zero-order valence-corrected chi connectivity index (χ0v) is 16.9. The molecule has 1 atom stereocenters. The molecule has 2 heterocycles. The first-order chi connectivity index (χ1) is 13.7. The SMILES string of the molecule is O=C1CCCN1CCCNCc1ccc(OC[C@H](O)CN2CCCCC2)cc1. The van der Waals surface area contributed by atoms with Crippen LogP contribution >= 0.6 is 0 Å². The number of likely N-dealkylation sites (tertiary alicyclic amines) is 2. The Kier molecular flexibility index (Phi) is 8.58. The fourth-order valence-corrected chi connectivity index (χ4v) is 3.96. The van der Waals surface area contributed by atoms with Gasteiger partial charge in [0.25, 0.3) is 0 Å². The zero-order chi connectivity index (χ0) is 19.6. The van der Waals surface area contributed by atoms with Crippen molar-refractivity contribution in [2.45, 2.75) is 51.2 Å². The second kappa shape index (κ2) is 11.4. The van der Waals surface area contributed by atoms with Crippen molar-refractivity contribution in [3.63, 3.8) is 0 Å². The number of nitrogens with one attached hydrogen (secondary N) is 1. The Bertz CT molecular complexity index is 587. The average Bonchev–Trinajstić information content (AvgIpc) is 3.12. The average molecular weight is 390 g/mol. The molecule has 0 unspecified atom stereocenters. The number of hydrogen-bond donors (Lipinski definition) is 2. The molecular formula is C22H35N3O3. The minimum Gasteiger partial charge on any atom is -0.491 e. The number of ether oxygens (including phenoxy) is 1. The minimum atomic E-state index is -0.443. The molecule has 0 aromatic heterocycles. The molecule has 1 aromatic rings. The molecule has 2 N–H and O–H groups in total. The Morgan fingerprint density at radius 3 is 2.57 bits per heavy atom. The van der Waals surface area contributed by atoms with E-state index in [1.54, 1.807) is 0 Å². The summed E-state index contributed by atoms with van der Waals surface area (Å²) in [5, 5.41) is 13.6. The molecule has 6 nitrogen and oxygen atoms in total. The zero-order valence-electron chi connectivity index (χ0n) is 16.9. The van der Waals surface area contributed by atoms with Gasteiger partial charge in [-0.1, -0.05) is 18.6 Å². The first kappa shape index (κ1) is 21.1. The van der Waals surface area contributed by atoms with Gasteiger partial charge in [-0.2, -0.15) is 0 Å². The molecule has 0 bridgehead atoms. The maximum absolute atomic E-state index is 11.6. The molecule has 28 heavy (non-hydrogen) atoms. The molecule has 1 amide bonds. The monoisotopic (exact) mass is 389 g/mol. The van der Waals surface area contributed by atoms with E-state index < -0.39 is 6.10 Å². The fourth-order valence-electron chi connectivity index (χ4n) is 3.96. The van der Waals surface area contributed by atoms with E-state index in [9.17, 15) is 9.90 Å². The highest BCUT2D eigenvalue weighted by molar-refractivity contribution is 5.77. The van der Waals surface area contributed by atoms with Crippen molar-refractivity contribution in [2.24, 2.45) is 0 Å². The number of carbonyl (C=O) groups excluding carboxylic acids is 1. The molecule has 156 valence electrons. The molecule has 6 heteroatoms. The molecular weight excluding hydrogens is 354 g/mol. The minimum absolute atomic E-state index is 0.302. The Morgan fingerprint density at radius 1 is 1.07 bits per heavy atom. The van der Waals surface area contributed by atoms with E-state index in [4.69, 9.17) is 4.74 Å². The molecule has 0 saturated carbocycles. The van der Waals surface area contributed by atoms with Gasteiger partial charge in [0, 0.05) is 32.6 Å². The number of benzene rings is 1. The van der Waals surface area contributed by atoms with Gasteiger partial charge in [-0.15, -0.1) is 0 Å². The molecule has 2 fully saturated rings. The highest BCUT2D eigenvalue weighted by atomic mass is 16.5. The van der Waals surface area contributed by atoms with Crippen LogP contribution in [0.1, 0.15) is 44.1 Å². The van der Waals surface area contributed by atoms with Gasteiger partial charge in [0.1, 0.15) is 18.5 Å². The lowest BCUT2D eigenvalue weighted by atomic mass is 10.1. The number of rotatable bonds is 11. The molecule has 0 aliphatic carbocycles. The summed E-state index contributed by atoms with van der Waals surface area (Å²) in [7, 11) is 0. The van der Waals surface area contributed by atoms with E-state index in [1.807, 2.05) is 17.0 Å². The van der Waals surface area contributed by atoms with Crippen LogP contribution in [-0.2, 0) is 11.3 Å². The Hall–Kier alpha value is -1.63. The molecule has 0 spiro atoms. The molecule has 1 aromatic carbocycles. The topological polar surface area (TPSA) is 65.0 Å². The molecule has 2 saturated heterocycles. The summed E-state index contributed by atoms with van der Waals surface area (Å²) in [6.45, 7) is 6.72. The van der Waals surface area contributed by atoms with E-state index in [1.165, 1.54) is 24.8 Å². The van der Waals surface area contributed by atoms with Gasteiger partial charge >= 0.3 is 0 Å². The van der Waals surface area contributed by atoms with Crippen LogP contribution in [0.2, 0.25) is 0 Å². The van der Waals surface area contributed by atoms with Crippen LogP contribution in [0.5, 0.6) is 5.75 Å². The lowest BCUT2D eigenvalue weighted by Gasteiger charge is -2.28. The highest BCUT2D eigenvalue weighted by Gasteiger charge is 2.18. The van der Waals surface area contributed by atoms with Crippen LogP contribution in [-0.4, -0.2) is 72.8 Å². The van der Waals surface area contributed by atoms with Crippen molar-refractivity contribution >= 4 is 5.91 Å². The number of carbonyl (C=O) groups is 1. The van der Waals surface area contributed by atoms with Gasteiger partial charge in [0.2, 0.25) is 5.91 Å². The van der Waals surface area contributed by atoms with Crippen molar-refractivity contribution in [2.75, 3.05) is 45.9 Å². The van der Waals surface area contributed by atoms with E-state index >= 15 is 0 Å². The highest BCUT2D eigenvalue weighted by Crippen LogP contribution is 2.14. The third-order valence-corrected chi connectivity index (χ3v) is 5.57. The van der Waals surface area contributed by atoms with Crippen LogP contribution in [0.3, 0.4) is 0 Å². The lowest BCUT2D eigenvalue weighted by Crippen LogP contribution is -2.38. The summed E-state index contributed by atoms with van der Waals surface area (Å²) in [4.78, 5) is 15.9. The Morgan fingerprint density at radius 2 is 1.86 bits per heavy atom. The standard InChI is InChI=1S/C22H35N3O3/c26-20(17-24-12-2-1-3-13-24)18-28-21-9-7-19(8-10-21)16-23-11-5-15-25-14-4-6-22(25)27/h7-10,20,23,26H,1-6,11-18H2/t20-/m1/s1. The smallest absolute Gasteiger partial charge is 0.222 e. The van der Waals surface area contributed by atoms with E-state index in [2.05, 4.69) is 22.3 Å². The van der Waals surface area contributed by atoms with Gasteiger partial charge in [-0.05, 0) is 63.0 Å². The normalized spacial score (nSPS) is 19.2. The van der Waals surface area contributed by atoms with E-state index in [0.29, 0.717) is 19.1 Å². The number of piperidine rings is 1. The van der Waals surface area contributed by atoms with Crippen LogP contribution < -0.4 is 10.1 Å². The van der Waals surface area contributed by atoms with Crippen molar-refractivity contribution < 1.29 is 14.6 Å². The van der Waals surface area contributed by atoms with Crippen molar-refractivity contribution in [1.29, 1.82) is 0 Å². The molecule has 2 aliphatic heterocycles. The summed E-state index contributed by atoms with van der Waals surface area (Å²) in [6.07, 6.45) is 6.05. The quantitative estimate of drug-likeness (QED) is 0.567. The van der Waals surface area contributed by atoms with Crippen molar-refractivity contribution in [3.8, 4) is 5.75 Å². The van der Waals surface area contributed by atoms with Crippen LogP contribution in [0, 0.1) is 0 Å². The second-order valence-electron chi connectivity index (χ2n) is 7.98. The number of β-amino-alcohol motifs (C(OH)–C–C–N with tert-alkyl or cyclic N) is 1.